The second-order valence-electron chi connectivity index (χ2n) is 20.9. The number of para-hydroxylation sites is 8. The van der Waals surface area contributed by atoms with Gasteiger partial charge in [-0.1, -0.05) is 121 Å². The van der Waals surface area contributed by atoms with Crippen LogP contribution in [0.15, 0.2) is 262 Å². The lowest BCUT2D eigenvalue weighted by atomic mass is 10.0. The molecule has 0 amide bonds. The number of hydrogen-bond donors (Lipinski definition) is 1. The Morgan fingerprint density at radius 3 is 1.63 bits per heavy atom. The van der Waals surface area contributed by atoms with Crippen LogP contribution in [-0.4, -0.2) is 38.5 Å². The van der Waals surface area contributed by atoms with Gasteiger partial charge in [-0.3, -0.25) is 4.40 Å². The topological polar surface area (TPSA) is 108 Å². The van der Waals surface area contributed by atoms with Crippen molar-refractivity contribution in [1.29, 1.82) is 0 Å². The molecule has 0 saturated heterocycles. The third-order valence-electron chi connectivity index (χ3n) is 16.2. The van der Waals surface area contributed by atoms with Crippen molar-refractivity contribution in [1.82, 2.24) is 38.5 Å². The first-order chi connectivity index (χ1) is 41.5. The summed E-state index contributed by atoms with van der Waals surface area (Å²) >= 11 is 8.75. The molecule has 0 radical (unpaired) electrons. The molecular weight excluding hydrogens is 1120 g/mol. The zero-order valence-corrected chi connectivity index (χ0v) is 46.7. The molecule has 0 atom stereocenters. The zero-order valence-electron chi connectivity index (χ0n) is 44.4. The lowest BCUT2D eigenvalue weighted by Crippen LogP contribution is -1.95. The predicted octanol–water partition coefficient (Wildman–Crippen LogP) is 19.9. The van der Waals surface area contributed by atoms with E-state index in [1.54, 1.807) is 18.3 Å². The molecule has 10 aromatic carbocycles. The molecule has 0 unspecified atom stereocenters. The van der Waals surface area contributed by atoms with Crippen molar-refractivity contribution >= 4 is 165 Å². The van der Waals surface area contributed by atoms with E-state index in [2.05, 4.69) is 209 Å². The van der Waals surface area contributed by atoms with Gasteiger partial charge in [0.05, 0.1) is 49.2 Å². The average Bonchev–Trinajstić information content (AvgIpc) is 2.23. The number of nitrogens with one attached hydrogen (secondary N) is 1. The van der Waals surface area contributed by atoms with Crippen molar-refractivity contribution in [2.75, 3.05) is 0 Å². The fourth-order valence-corrected chi connectivity index (χ4v) is 13.0. The van der Waals surface area contributed by atoms with Gasteiger partial charge in [-0.15, -0.1) is 0 Å². The number of benzene rings is 10. The second kappa shape index (κ2) is 19.0. The Morgan fingerprint density at radius 1 is 0.381 bits per heavy atom. The highest BCUT2D eigenvalue weighted by atomic mass is 79.9. The Balaban J connectivity index is 0.000000118. The minimum atomic E-state index is 0.646. The van der Waals surface area contributed by atoms with Crippen LogP contribution >= 0.6 is 27.5 Å². The highest BCUT2D eigenvalue weighted by Gasteiger charge is 2.24. The van der Waals surface area contributed by atoms with Gasteiger partial charge in [0.2, 0.25) is 0 Å². The van der Waals surface area contributed by atoms with Gasteiger partial charge in [0.15, 0.2) is 0 Å². The summed E-state index contributed by atoms with van der Waals surface area (Å²) in [6.07, 6.45) is 3.54. The van der Waals surface area contributed by atoms with Crippen LogP contribution in [0.1, 0.15) is 0 Å². The summed E-state index contributed by atoms with van der Waals surface area (Å²) in [5.74, 6) is 0.872. The number of imidazole rings is 2. The van der Waals surface area contributed by atoms with Crippen LogP contribution in [0.25, 0.3) is 160 Å². The Kier molecular flexibility index (Phi) is 10.9. The van der Waals surface area contributed by atoms with Gasteiger partial charge in [-0.2, -0.15) is 0 Å². The first-order valence-electron chi connectivity index (χ1n) is 27.6. The van der Waals surface area contributed by atoms with Crippen molar-refractivity contribution in [2.24, 2.45) is 0 Å². The first-order valence-corrected chi connectivity index (χ1v) is 28.7. The Bertz CT molecular complexity index is 5800. The minimum absolute atomic E-state index is 0.646. The molecule has 0 bridgehead atoms. The molecule has 0 aliphatic rings. The summed E-state index contributed by atoms with van der Waals surface area (Å²) < 4.78 is 20.2. The van der Waals surface area contributed by atoms with Gasteiger partial charge < -0.3 is 23.0 Å². The fourth-order valence-electron chi connectivity index (χ4n) is 12.6. The summed E-state index contributed by atoms with van der Waals surface area (Å²) in [5, 5.41) is 13.3. The van der Waals surface area contributed by atoms with Crippen LogP contribution in [0, 0.1) is 0 Å². The van der Waals surface area contributed by atoms with E-state index < -0.39 is 0 Å². The number of hydrogen-bond acceptors (Lipinski definition) is 6. The molecule has 0 fully saturated rings. The standard InChI is InChI=1S/C36H20N4O.C31H19N3O.C5H3BrClN/c1-2-9-21(10-3-1)39-29-16-17-32-34(23-11-4-7-15-31(23)41-32)33(29)26-19-24-22-12-8-18-37-35(22)40-28-14-6-5-13-27(28)38-36(40)25(24)20-30(26)39;1-2-8-20(9-3-1)34-25-16-17-28-30(22-10-4-7-13-27(22)35-28)29(25)21-15-14-19(18-26(21)34)31-32-23-11-5-6-12-24(23)33-31;6-5-4(7)2-1-3-8-5/h1-20H;1-18H,(H,32,33);1-3H. The maximum Gasteiger partial charge on any atom is 0.147 e. The zero-order chi connectivity index (χ0) is 55.6. The Morgan fingerprint density at radius 2 is 0.964 bits per heavy atom. The minimum Gasteiger partial charge on any atom is -0.456 e. The monoisotopic (exact) mass is 1160 g/mol. The van der Waals surface area contributed by atoms with Gasteiger partial charge in [0.25, 0.3) is 0 Å². The van der Waals surface area contributed by atoms with Gasteiger partial charge in [-0.05, 0) is 149 Å². The van der Waals surface area contributed by atoms with Crippen molar-refractivity contribution in [3.8, 4) is 22.8 Å². The predicted molar refractivity (Wildman–Crippen MR) is 347 cm³/mol. The second-order valence-corrected chi connectivity index (χ2v) is 22.0. The number of H-pyrrole nitrogens is 1. The third kappa shape index (κ3) is 7.42. The van der Waals surface area contributed by atoms with E-state index in [9.17, 15) is 0 Å². The molecule has 9 aromatic heterocycles. The molecule has 0 saturated carbocycles. The van der Waals surface area contributed by atoms with Crippen molar-refractivity contribution in [3.05, 3.63) is 259 Å². The normalized spacial score (nSPS) is 11.9. The van der Waals surface area contributed by atoms with Crippen molar-refractivity contribution in [3.63, 3.8) is 0 Å². The molecular formula is C72H42BrClN8O2. The van der Waals surface area contributed by atoms with Crippen LogP contribution in [0.3, 0.4) is 0 Å². The molecule has 12 heteroatoms. The van der Waals surface area contributed by atoms with E-state index in [1.807, 2.05) is 60.8 Å². The quantitative estimate of drug-likeness (QED) is 0.139. The van der Waals surface area contributed by atoms with Crippen molar-refractivity contribution < 1.29 is 8.83 Å². The summed E-state index contributed by atoms with van der Waals surface area (Å²) in [7, 11) is 0. The smallest absolute Gasteiger partial charge is 0.147 e. The average molecular weight is 1170 g/mol. The first kappa shape index (κ1) is 48.1. The summed E-state index contributed by atoms with van der Waals surface area (Å²) in [4.78, 5) is 22.2. The number of halogens is 2. The number of aromatic nitrogens is 8. The lowest BCUT2D eigenvalue weighted by molar-refractivity contribution is 0.669. The van der Waals surface area contributed by atoms with Crippen LogP contribution < -0.4 is 0 Å². The summed E-state index contributed by atoms with van der Waals surface area (Å²) in [5.41, 5.74) is 17.4. The summed E-state index contributed by atoms with van der Waals surface area (Å²) in [6.45, 7) is 0. The highest BCUT2D eigenvalue weighted by molar-refractivity contribution is 9.10. The molecule has 0 spiro atoms. The largest absolute Gasteiger partial charge is 0.456 e. The van der Waals surface area contributed by atoms with Crippen LogP contribution in [-0.2, 0) is 0 Å². The third-order valence-corrected chi connectivity index (χ3v) is 17.3. The van der Waals surface area contributed by atoms with Crippen LogP contribution in [0.5, 0.6) is 0 Å². The van der Waals surface area contributed by atoms with Gasteiger partial charge in [-0.25, -0.2) is 19.9 Å². The number of aromatic amines is 1. The number of rotatable bonds is 3. The Hall–Kier alpha value is -10.6. The van der Waals surface area contributed by atoms with Crippen LogP contribution in [0.2, 0.25) is 5.02 Å². The number of fused-ring (bicyclic) bond motifs is 23. The van der Waals surface area contributed by atoms with E-state index in [0.29, 0.717) is 9.63 Å². The maximum absolute atomic E-state index is 6.34. The van der Waals surface area contributed by atoms with E-state index in [0.717, 1.165) is 138 Å². The molecule has 1 N–H and O–H groups in total. The number of furan rings is 2. The highest BCUT2D eigenvalue weighted by Crippen LogP contribution is 2.45. The van der Waals surface area contributed by atoms with Gasteiger partial charge >= 0.3 is 0 Å². The van der Waals surface area contributed by atoms with E-state index in [-0.39, 0.29) is 0 Å². The molecule has 0 aliphatic carbocycles. The Labute approximate surface area is 490 Å². The van der Waals surface area contributed by atoms with E-state index >= 15 is 0 Å². The number of pyridine rings is 3. The summed E-state index contributed by atoms with van der Waals surface area (Å²) in [6, 6.07) is 81.8. The van der Waals surface area contributed by atoms with Crippen molar-refractivity contribution in [2.45, 2.75) is 0 Å². The SMILES string of the molecule is Clc1cccnc1Br.c1ccc(-n2c3cc(-c4nc5ccccc5[nH]4)ccc3c3c4c(ccc32)oc2ccccc24)cc1.c1ccc(-n2c3cc4c(cc3c3c5c(ccc32)oc2ccccc25)c2cccnc2n2c3ccccc3nc42)cc1. The molecule has 9 heterocycles. The fraction of sp³-hybridized carbons (Fsp3) is 0. The molecule has 10 nitrogen and oxygen atoms in total. The maximum atomic E-state index is 6.34. The number of nitrogens with zero attached hydrogens (tertiary/aromatic N) is 7. The molecule has 0 aliphatic heterocycles. The van der Waals surface area contributed by atoms with Gasteiger partial charge in [0.1, 0.15) is 44.1 Å². The molecule has 396 valence electrons. The van der Waals surface area contributed by atoms with Gasteiger partial charge in [0, 0.05) is 83.2 Å². The lowest BCUT2D eigenvalue weighted by Gasteiger charge is -2.10. The molecule has 84 heavy (non-hydrogen) atoms. The van der Waals surface area contributed by atoms with E-state index in [4.69, 9.17) is 35.4 Å². The molecule has 19 rings (SSSR count). The molecule has 19 aromatic rings. The van der Waals surface area contributed by atoms with Crippen LogP contribution in [0.4, 0.5) is 0 Å². The van der Waals surface area contributed by atoms with E-state index in [1.165, 1.54) is 21.5 Å².